The maximum Gasteiger partial charge on any atom is 0.246 e. The lowest BCUT2D eigenvalue weighted by atomic mass is 10.2. The molecule has 2 aromatic heterocycles. The quantitative estimate of drug-likeness (QED) is 0.848. The number of aromatic nitrogens is 3. The average molecular weight is 328 g/mol. The van der Waals surface area contributed by atoms with Crippen LogP contribution in [0.5, 0.6) is 0 Å². The highest BCUT2D eigenvalue weighted by molar-refractivity contribution is 6.34. The molecule has 0 saturated heterocycles. The second-order valence-electron chi connectivity index (χ2n) is 4.72. The first-order valence-corrected chi connectivity index (χ1v) is 6.97. The first-order chi connectivity index (χ1) is 9.79. The maximum absolute atomic E-state index is 12.1. The maximum atomic E-state index is 12.1. The smallest absolute Gasteiger partial charge is 0.246 e. The van der Waals surface area contributed by atoms with Crippen molar-refractivity contribution in [2.45, 2.75) is 27.3 Å². The van der Waals surface area contributed by atoms with Gasteiger partial charge in [0, 0.05) is 0 Å². The summed E-state index contributed by atoms with van der Waals surface area (Å²) in [5.41, 5.74) is 9.05. The largest absolute Gasteiger partial charge is 0.396 e. The van der Waals surface area contributed by atoms with Crippen LogP contribution in [0, 0.1) is 20.8 Å². The fraction of sp³-hybridized carbons (Fsp3) is 0.308. The van der Waals surface area contributed by atoms with Gasteiger partial charge in [0.05, 0.1) is 22.8 Å². The predicted octanol–water partition coefficient (Wildman–Crippen LogP) is 2.73. The van der Waals surface area contributed by atoms with E-state index >= 15 is 0 Å². The molecular weight excluding hydrogens is 313 g/mol. The van der Waals surface area contributed by atoms with E-state index in [9.17, 15) is 4.79 Å². The minimum absolute atomic E-state index is 0.0439. The molecule has 0 fully saturated rings. The third-order valence-electron chi connectivity index (χ3n) is 3.14. The van der Waals surface area contributed by atoms with Crippen LogP contribution in [0.1, 0.15) is 17.0 Å². The van der Waals surface area contributed by atoms with Crippen LogP contribution >= 0.6 is 23.2 Å². The van der Waals surface area contributed by atoms with Crippen LogP contribution in [0.3, 0.4) is 0 Å². The van der Waals surface area contributed by atoms with Gasteiger partial charge in [-0.2, -0.15) is 5.10 Å². The van der Waals surface area contributed by atoms with E-state index in [4.69, 9.17) is 28.9 Å². The van der Waals surface area contributed by atoms with Crippen molar-refractivity contribution in [3.63, 3.8) is 0 Å². The zero-order valence-electron chi connectivity index (χ0n) is 11.9. The fourth-order valence-electron chi connectivity index (χ4n) is 1.93. The zero-order valence-corrected chi connectivity index (χ0v) is 13.4. The van der Waals surface area contributed by atoms with Gasteiger partial charge in [-0.05, 0) is 32.4 Å². The van der Waals surface area contributed by atoms with Gasteiger partial charge in [0.1, 0.15) is 11.7 Å². The number of carbonyl (C=O) groups is 1. The Morgan fingerprint density at radius 2 is 2.05 bits per heavy atom. The van der Waals surface area contributed by atoms with Gasteiger partial charge in [-0.1, -0.05) is 23.2 Å². The lowest BCUT2D eigenvalue weighted by Gasteiger charge is -2.11. The van der Waals surface area contributed by atoms with Gasteiger partial charge >= 0.3 is 0 Å². The Morgan fingerprint density at radius 1 is 1.38 bits per heavy atom. The normalized spacial score (nSPS) is 10.7. The van der Waals surface area contributed by atoms with Gasteiger partial charge in [-0.3, -0.25) is 9.48 Å². The van der Waals surface area contributed by atoms with Crippen LogP contribution in [0.25, 0.3) is 0 Å². The Kier molecular flexibility index (Phi) is 4.39. The second kappa shape index (κ2) is 5.91. The summed E-state index contributed by atoms with van der Waals surface area (Å²) in [4.78, 5) is 16.0. The highest BCUT2D eigenvalue weighted by Gasteiger charge is 2.14. The lowest BCUT2D eigenvalue weighted by molar-refractivity contribution is -0.116. The van der Waals surface area contributed by atoms with Gasteiger partial charge in [0.25, 0.3) is 0 Å². The fourth-order valence-corrected chi connectivity index (χ4v) is 2.50. The summed E-state index contributed by atoms with van der Waals surface area (Å²) in [7, 11) is 0. The minimum atomic E-state index is -0.269. The van der Waals surface area contributed by atoms with E-state index < -0.39 is 0 Å². The molecular formula is C13H15Cl2N5O. The Labute approximate surface area is 132 Å². The predicted molar refractivity (Wildman–Crippen MR) is 83.7 cm³/mol. The third kappa shape index (κ3) is 3.28. The van der Waals surface area contributed by atoms with Gasteiger partial charge < -0.3 is 11.1 Å². The van der Waals surface area contributed by atoms with E-state index in [0.29, 0.717) is 17.1 Å². The molecule has 0 aliphatic carbocycles. The standard InChI is InChI=1S/C13H15Cl2N5O/c1-6-4-9(14)17-13(15)12(6)18-10(21)5-20-8(3)11(16)7(2)19-20/h4H,5,16H2,1-3H3,(H,18,21). The van der Waals surface area contributed by atoms with Crippen molar-refractivity contribution < 1.29 is 4.79 Å². The van der Waals surface area contributed by atoms with E-state index in [0.717, 1.165) is 11.3 Å². The number of carbonyl (C=O) groups excluding carboxylic acids is 1. The number of nitrogens with one attached hydrogen (secondary N) is 1. The number of nitrogen functional groups attached to an aromatic ring is 1. The van der Waals surface area contributed by atoms with Crippen molar-refractivity contribution in [3.8, 4) is 0 Å². The minimum Gasteiger partial charge on any atom is -0.396 e. The molecule has 0 saturated carbocycles. The van der Waals surface area contributed by atoms with Crippen LogP contribution in [-0.4, -0.2) is 20.7 Å². The Bertz CT molecular complexity index is 688. The number of aryl methyl sites for hydroxylation is 2. The van der Waals surface area contributed by atoms with Crippen LogP contribution in [0.4, 0.5) is 11.4 Å². The molecule has 0 aromatic carbocycles. The molecule has 2 heterocycles. The molecule has 0 bridgehead atoms. The number of hydrogen-bond acceptors (Lipinski definition) is 4. The molecule has 0 unspecified atom stereocenters. The molecule has 112 valence electrons. The Balaban J connectivity index is 2.17. The molecule has 21 heavy (non-hydrogen) atoms. The lowest BCUT2D eigenvalue weighted by Crippen LogP contribution is -2.21. The highest BCUT2D eigenvalue weighted by atomic mass is 35.5. The van der Waals surface area contributed by atoms with Gasteiger partial charge in [-0.25, -0.2) is 4.98 Å². The van der Waals surface area contributed by atoms with Crippen molar-refractivity contribution in [3.05, 3.63) is 33.3 Å². The molecule has 0 aliphatic rings. The molecule has 0 atom stereocenters. The molecule has 0 aliphatic heterocycles. The molecule has 2 aromatic rings. The van der Waals surface area contributed by atoms with Crippen LogP contribution in [0.2, 0.25) is 10.3 Å². The Hall–Kier alpha value is -1.79. The van der Waals surface area contributed by atoms with E-state index in [2.05, 4.69) is 15.4 Å². The summed E-state index contributed by atoms with van der Waals surface area (Å²) in [6, 6.07) is 1.63. The summed E-state index contributed by atoms with van der Waals surface area (Å²) < 4.78 is 1.55. The number of anilines is 2. The SMILES string of the molecule is Cc1cc(Cl)nc(Cl)c1NC(=O)Cn1nc(C)c(N)c1C. The van der Waals surface area contributed by atoms with Crippen molar-refractivity contribution in [2.75, 3.05) is 11.1 Å². The van der Waals surface area contributed by atoms with Crippen LogP contribution in [0.15, 0.2) is 6.07 Å². The second-order valence-corrected chi connectivity index (χ2v) is 5.46. The first-order valence-electron chi connectivity index (χ1n) is 6.21. The van der Waals surface area contributed by atoms with Crippen molar-refractivity contribution >= 4 is 40.5 Å². The topological polar surface area (TPSA) is 85.8 Å². The summed E-state index contributed by atoms with van der Waals surface area (Å²) in [5.74, 6) is -0.269. The van der Waals surface area contributed by atoms with E-state index in [1.54, 1.807) is 24.6 Å². The number of pyridine rings is 1. The summed E-state index contributed by atoms with van der Waals surface area (Å²) in [5, 5.41) is 7.36. The molecule has 1 amide bonds. The van der Waals surface area contributed by atoms with Crippen LogP contribution < -0.4 is 11.1 Å². The van der Waals surface area contributed by atoms with E-state index in [-0.39, 0.29) is 22.8 Å². The first kappa shape index (κ1) is 15.6. The number of nitrogens with zero attached hydrogens (tertiary/aromatic N) is 3. The van der Waals surface area contributed by atoms with Crippen LogP contribution in [-0.2, 0) is 11.3 Å². The number of hydrogen-bond donors (Lipinski definition) is 2. The van der Waals surface area contributed by atoms with Crippen molar-refractivity contribution in [1.82, 2.24) is 14.8 Å². The summed E-state index contributed by atoms with van der Waals surface area (Å²) in [6.07, 6.45) is 0. The number of amides is 1. The van der Waals surface area contributed by atoms with Gasteiger partial charge in [-0.15, -0.1) is 0 Å². The average Bonchev–Trinajstić information content (AvgIpc) is 2.61. The zero-order chi connectivity index (χ0) is 15.7. The number of rotatable bonds is 3. The van der Waals surface area contributed by atoms with Crippen molar-refractivity contribution in [1.29, 1.82) is 0 Å². The van der Waals surface area contributed by atoms with Gasteiger partial charge in [0.15, 0.2) is 5.15 Å². The Morgan fingerprint density at radius 3 is 2.57 bits per heavy atom. The van der Waals surface area contributed by atoms with Crippen molar-refractivity contribution in [2.24, 2.45) is 0 Å². The molecule has 0 radical (unpaired) electrons. The summed E-state index contributed by atoms with van der Waals surface area (Å²) in [6.45, 7) is 5.43. The van der Waals surface area contributed by atoms with Gasteiger partial charge in [0.2, 0.25) is 5.91 Å². The molecule has 8 heteroatoms. The van der Waals surface area contributed by atoms with E-state index in [1.165, 1.54) is 0 Å². The summed E-state index contributed by atoms with van der Waals surface area (Å²) >= 11 is 11.8. The monoisotopic (exact) mass is 327 g/mol. The van der Waals surface area contributed by atoms with E-state index in [1.807, 2.05) is 6.92 Å². The highest BCUT2D eigenvalue weighted by Crippen LogP contribution is 2.26. The molecule has 3 N–H and O–H groups in total. The molecule has 0 spiro atoms. The third-order valence-corrected chi connectivity index (χ3v) is 3.60. The number of halogens is 2. The number of nitrogens with two attached hydrogens (primary N) is 1. The molecule has 2 rings (SSSR count). The molecule has 6 nitrogen and oxygen atoms in total.